The Morgan fingerprint density at radius 3 is 2.45 bits per heavy atom. The van der Waals surface area contributed by atoms with Crippen molar-refractivity contribution >= 4 is 35.9 Å². The first kappa shape index (κ1) is 25.1. The minimum Gasteiger partial charge on any atom is -0.469 e. The number of ether oxygens (including phenoxy) is 2. The predicted molar refractivity (Wildman–Crippen MR) is 133 cm³/mol. The number of esters is 1. The van der Waals surface area contributed by atoms with Crippen LogP contribution in [-0.2, 0) is 34.0 Å². The maximum absolute atomic E-state index is 12.0. The second-order valence-corrected chi connectivity index (χ2v) is 7.71. The molecule has 1 aliphatic rings. The van der Waals surface area contributed by atoms with Gasteiger partial charge in [0.15, 0.2) is 5.96 Å². The molecule has 2 atom stereocenters. The number of carbonyl (C=O) groups is 1. The number of nitrogens with zero attached hydrogens (tertiary/aromatic N) is 2. The van der Waals surface area contributed by atoms with Gasteiger partial charge in [0.25, 0.3) is 0 Å². The Bertz CT molecular complexity index is 860. The first-order chi connectivity index (χ1) is 14.6. The summed E-state index contributed by atoms with van der Waals surface area (Å²) in [4.78, 5) is 18.5. The first-order valence-electron chi connectivity index (χ1n) is 10.3. The lowest BCUT2D eigenvalue weighted by Crippen LogP contribution is -2.40. The molecule has 1 heterocycles. The van der Waals surface area contributed by atoms with E-state index in [-0.39, 0.29) is 41.8 Å². The van der Waals surface area contributed by atoms with E-state index in [2.05, 4.69) is 52.5 Å². The van der Waals surface area contributed by atoms with Gasteiger partial charge in [0.05, 0.1) is 26.2 Å². The van der Waals surface area contributed by atoms with Crippen molar-refractivity contribution in [1.82, 2.24) is 10.2 Å². The van der Waals surface area contributed by atoms with Gasteiger partial charge in [-0.3, -0.25) is 9.79 Å². The van der Waals surface area contributed by atoms with Crippen LogP contribution in [0.5, 0.6) is 0 Å². The molecule has 6 nitrogen and oxygen atoms in total. The van der Waals surface area contributed by atoms with Crippen LogP contribution in [0.15, 0.2) is 59.6 Å². The van der Waals surface area contributed by atoms with Gasteiger partial charge in [0.2, 0.25) is 0 Å². The van der Waals surface area contributed by atoms with Crippen molar-refractivity contribution in [1.29, 1.82) is 0 Å². The summed E-state index contributed by atoms with van der Waals surface area (Å²) in [6.45, 7) is 5.32. The predicted octanol–water partition coefficient (Wildman–Crippen LogP) is 3.84. The summed E-state index contributed by atoms with van der Waals surface area (Å²) in [6.07, 6.45) is 0. The van der Waals surface area contributed by atoms with E-state index in [1.165, 1.54) is 12.7 Å². The number of nitrogens with one attached hydrogen (secondary N) is 1. The average Bonchev–Trinajstić information content (AvgIpc) is 3.16. The Morgan fingerprint density at radius 2 is 1.74 bits per heavy atom. The molecule has 3 rings (SSSR count). The Morgan fingerprint density at radius 1 is 1.06 bits per heavy atom. The van der Waals surface area contributed by atoms with Crippen molar-refractivity contribution < 1.29 is 14.3 Å². The molecule has 1 N–H and O–H groups in total. The molecule has 168 valence electrons. The number of methoxy groups -OCH3 is 1. The highest BCUT2D eigenvalue weighted by atomic mass is 127. The molecule has 0 spiro atoms. The van der Waals surface area contributed by atoms with Gasteiger partial charge in [-0.2, -0.15) is 0 Å². The van der Waals surface area contributed by atoms with E-state index in [1.807, 2.05) is 24.3 Å². The number of hydrogen-bond acceptors (Lipinski definition) is 4. The van der Waals surface area contributed by atoms with Crippen molar-refractivity contribution in [3.8, 4) is 0 Å². The number of aliphatic imine (C=N–C) groups is 1. The summed E-state index contributed by atoms with van der Waals surface area (Å²) in [7, 11) is 3.22. The second kappa shape index (κ2) is 12.7. The fourth-order valence-corrected chi connectivity index (χ4v) is 3.80. The standard InChI is InChI=1S/C24H31N3O3.HI/c1-18-14-27(15-22(18)23(28)29-3)24(25-2)26-13-20-10-7-11-21(12-20)17-30-16-19-8-5-4-6-9-19;/h4-12,18,22H,13-17H2,1-3H3,(H,25,26);1H. The van der Waals surface area contributed by atoms with E-state index in [1.54, 1.807) is 7.05 Å². The molecule has 7 heteroatoms. The Kier molecular flexibility index (Phi) is 10.3. The van der Waals surface area contributed by atoms with Crippen LogP contribution in [0.4, 0.5) is 0 Å². The lowest BCUT2D eigenvalue weighted by atomic mass is 9.99. The van der Waals surface area contributed by atoms with Crippen LogP contribution in [0.3, 0.4) is 0 Å². The highest BCUT2D eigenvalue weighted by Gasteiger charge is 2.36. The highest BCUT2D eigenvalue weighted by molar-refractivity contribution is 14.0. The first-order valence-corrected chi connectivity index (χ1v) is 10.3. The van der Waals surface area contributed by atoms with E-state index in [0.29, 0.717) is 26.3 Å². The monoisotopic (exact) mass is 537 g/mol. The van der Waals surface area contributed by atoms with E-state index in [4.69, 9.17) is 9.47 Å². The number of hydrogen-bond donors (Lipinski definition) is 1. The molecular formula is C24H32IN3O3. The quantitative estimate of drug-likeness (QED) is 0.252. The number of halogens is 1. The zero-order valence-electron chi connectivity index (χ0n) is 18.4. The topological polar surface area (TPSA) is 63.2 Å². The van der Waals surface area contributed by atoms with Crippen LogP contribution in [0.25, 0.3) is 0 Å². The second-order valence-electron chi connectivity index (χ2n) is 7.71. The molecule has 2 aromatic carbocycles. The van der Waals surface area contributed by atoms with Crippen LogP contribution in [0.1, 0.15) is 23.6 Å². The summed E-state index contributed by atoms with van der Waals surface area (Å²) in [5.41, 5.74) is 3.47. The van der Waals surface area contributed by atoms with E-state index < -0.39 is 0 Å². The van der Waals surface area contributed by atoms with Gasteiger partial charge in [-0.05, 0) is 22.6 Å². The van der Waals surface area contributed by atoms with E-state index in [0.717, 1.165) is 23.6 Å². The van der Waals surface area contributed by atoms with Gasteiger partial charge in [0, 0.05) is 26.7 Å². The van der Waals surface area contributed by atoms with Crippen molar-refractivity contribution in [3.05, 3.63) is 71.3 Å². The molecule has 0 aliphatic carbocycles. The maximum atomic E-state index is 12.0. The lowest BCUT2D eigenvalue weighted by Gasteiger charge is -2.21. The minimum absolute atomic E-state index is 0. The van der Waals surface area contributed by atoms with Crippen LogP contribution in [0, 0.1) is 11.8 Å². The van der Waals surface area contributed by atoms with E-state index in [9.17, 15) is 4.79 Å². The molecule has 0 radical (unpaired) electrons. The van der Waals surface area contributed by atoms with Gasteiger partial charge in [-0.1, -0.05) is 61.5 Å². The van der Waals surface area contributed by atoms with Gasteiger partial charge in [-0.25, -0.2) is 0 Å². The summed E-state index contributed by atoms with van der Waals surface area (Å²) in [5, 5.41) is 3.42. The Hall–Kier alpha value is -2.13. The third kappa shape index (κ3) is 7.21. The highest BCUT2D eigenvalue weighted by Crippen LogP contribution is 2.24. The fraction of sp³-hybridized carbons (Fsp3) is 0.417. The molecule has 1 aliphatic heterocycles. The van der Waals surface area contributed by atoms with Crippen molar-refractivity contribution in [3.63, 3.8) is 0 Å². The minimum atomic E-state index is -0.149. The number of carbonyl (C=O) groups excluding carboxylic acids is 1. The maximum Gasteiger partial charge on any atom is 0.310 e. The van der Waals surface area contributed by atoms with Crippen molar-refractivity contribution in [2.45, 2.75) is 26.7 Å². The summed E-state index contributed by atoms with van der Waals surface area (Å²) < 4.78 is 10.8. The van der Waals surface area contributed by atoms with Crippen LogP contribution in [-0.4, -0.2) is 44.1 Å². The zero-order valence-corrected chi connectivity index (χ0v) is 20.7. The van der Waals surface area contributed by atoms with Gasteiger partial charge in [-0.15, -0.1) is 24.0 Å². The number of likely N-dealkylation sites (tertiary alicyclic amines) is 1. The van der Waals surface area contributed by atoms with Gasteiger partial charge >= 0.3 is 5.97 Å². The molecule has 0 bridgehead atoms. The Labute approximate surface area is 202 Å². The fourth-order valence-electron chi connectivity index (χ4n) is 3.80. The molecule has 1 saturated heterocycles. The molecular weight excluding hydrogens is 505 g/mol. The summed E-state index contributed by atoms with van der Waals surface area (Å²) in [6, 6.07) is 18.5. The molecule has 0 aromatic heterocycles. The molecule has 31 heavy (non-hydrogen) atoms. The van der Waals surface area contributed by atoms with Crippen LogP contribution < -0.4 is 5.32 Å². The number of rotatable bonds is 7. The molecule has 0 amide bonds. The van der Waals surface area contributed by atoms with Crippen molar-refractivity contribution in [2.24, 2.45) is 16.8 Å². The Balaban J connectivity index is 0.00000341. The third-order valence-electron chi connectivity index (χ3n) is 5.45. The normalized spacial score (nSPS) is 18.4. The molecule has 0 saturated carbocycles. The zero-order chi connectivity index (χ0) is 21.3. The summed E-state index contributed by atoms with van der Waals surface area (Å²) >= 11 is 0. The van der Waals surface area contributed by atoms with E-state index >= 15 is 0 Å². The van der Waals surface area contributed by atoms with Gasteiger partial charge < -0.3 is 19.7 Å². The third-order valence-corrected chi connectivity index (χ3v) is 5.45. The lowest BCUT2D eigenvalue weighted by molar-refractivity contribution is -0.145. The number of benzene rings is 2. The molecule has 2 unspecified atom stereocenters. The van der Waals surface area contributed by atoms with Gasteiger partial charge in [0.1, 0.15) is 0 Å². The largest absolute Gasteiger partial charge is 0.469 e. The smallest absolute Gasteiger partial charge is 0.310 e. The average molecular weight is 537 g/mol. The SMILES string of the molecule is CN=C(NCc1cccc(COCc2ccccc2)c1)N1CC(C)C(C(=O)OC)C1.I. The number of guanidine groups is 1. The van der Waals surface area contributed by atoms with Crippen LogP contribution >= 0.6 is 24.0 Å². The summed E-state index contributed by atoms with van der Waals surface area (Å²) in [5.74, 6) is 0.780. The molecule has 2 aromatic rings. The van der Waals surface area contributed by atoms with Crippen molar-refractivity contribution in [2.75, 3.05) is 27.2 Å². The van der Waals surface area contributed by atoms with Crippen LogP contribution in [0.2, 0.25) is 0 Å². The molecule has 1 fully saturated rings.